The molecule has 0 heterocycles. The van der Waals surface area contributed by atoms with Crippen molar-refractivity contribution in [2.75, 3.05) is 6.54 Å². The summed E-state index contributed by atoms with van der Waals surface area (Å²) in [7, 11) is 0. The quantitative estimate of drug-likeness (QED) is 0.694. The van der Waals surface area contributed by atoms with Crippen molar-refractivity contribution in [3.8, 4) is 5.75 Å². The summed E-state index contributed by atoms with van der Waals surface area (Å²) in [6.45, 7) is 0.490. The summed E-state index contributed by atoms with van der Waals surface area (Å²) < 4.78 is 0. The highest BCUT2D eigenvalue weighted by molar-refractivity contribution is 5.84. The predicted molar refractivity (Wildman–Crippen MR) is 53.2 cm³/mol. The normalized spacial score (nSPS) is 20.6. The van der Waals surface area contributed by atoms with E-state index < -0.39 is 0 Å². The molecule has 1 aromatic carbocycles. The fourth-order valence-corrected chi connectivity index (χ4v) is 2.02. The summed E-state index contributed by atoms with van der Waals surface area (Å²) in [5.41, 5.74) is 7.65. The zero-order valence-corrected chi connectivity index (χ0v) is 7.86. The van der Waals surface area contributed by atoms with Gasteiger partial charge < -0.3 is 10.8 Å². The second kappa shape index (κ2) is 3.42. The molecule has 0 saturated carbocycles. The molecule has 2 rings (SSSR count). The molecule has 1 unspecified atom stereocenters. The third-order valence-electron chi connectivity index (χ3n) is 2.71. The van der Waals surface area contributed by atoms with Crippen LogP contribution in [0.5, 0.6) is 5.75 Å². The maximum absolute atomic E-state index is 11.4. The van der Waals surface area contributed by atoms with Crippen molar-refractivity contribution in [2.24, 2.45) is 5.73 Å². The number of benzene rings is 1. The highest BCUT2D eigenvalue weighted by Crippen LogP contribution is 2.31. The van der Waals surface area contributed by atoms with Crippen LogP contribution in [0.4, 0.5) is 0 Å². The highest BCUT2D eigenvalue weighted by Gasteiger charge is 2.24. The molecule has 14 heavy (non-hydrogen) atoms. The van der Waals surface area contributed by atoms with Gasteiger partial charge >= 0.3 is 0 Å². The fourth-order valence-electron chi connectivity index (χ4n) is 2.02. The second-order valence-electron chi connectivity index (χ2n) is 3.74. The molecule has 74 valence electrons. The van der Waals surface area contributed by atoms with E-state index >= 15 is 0 Å². The van der Waals surface area contributed by atoms with Crippen LogP contribution in [-0.4, -0.2) is 17.4 Å². The molecular formula is C11H13NO2. The number of Topliss-reactive ketones (excluding diaryl/α,β-unsaturated/α-hetero) is 1. The molecule has 0 aromatic heterocycles. The third-order valence-corrected chi connectivity index (χ3v) is 2.71. The molecule has 0 bridgehead atoms. The monoisotopic (exact) mass is 191 g/mol. The molecule has 3 nitrogen and oxygen atoms in total. The molecule has 1 aliphatic carbocycles. The number of carbonyl (C=O) groups is 1. The molecule has 1 aliphatic rings. The predicted octanol–water partition coefficient (Wildman–Crippen LogP) is 0.950. The van der Waals surface area contributed by atoms with E-state index in [-0.39, 0.29) is 17.5 Å². The topological polar surface area (TPSA) is 63.3 Å². The lowest BCUT2D eigenvalue weighted by atomic mass is 9.82. The van der Waals surface area contributed by atoms with E-state index in [1.165, 1.54) is 0 Å². The van der Waals surface area contributed by atoms with Gasteiger partial charge in [0.2, 0.25) is 0 Å². The summed E-state index contributed by atoms with van der Waals surface area (Å²) >= 11 is 0. The first-order valence-corrected chi connectivity index (χ1v) is 4.74. The van der Waals surface area contributed by atoms with Crippen LogP contribution >= 0.6 is 0 Å². The summed E-state index contributed by atoms with van der Waals surface area (Å²) in [6.07, 6.45) is 0.967. The van der Waals surface area contributed by atoms with E-state index in [1.807, 2.05) is 6.07 Å². The number of hydrogen-bond acceptors (Lipinski definition) is 3. The van der Waals surface area contributed by atoms with Gasteiger partial charge in [0.05, 0.1) is 0 Å². The summed E-state index contributed by atoms with van der Waals surface area (Å²) in [5, 5.41) is 9.29. The Morgan fingerprint density at radius 2 is 2.29 bits per heavy atom. The zero-order chi connectivity index (χ0) is 10.1. The van der Waals surface area contributed by atoms with Gasteiger partial charge in [0.1, 0.15) is 11.5 Å². The molecule has 3 N–H and O–H groups in total. The van der Waals surface area contributed by atoms with Gasteiger partial charge in [-0.3, -0.25) is 4.79 Å². The Kier molecular flexibility index (Phi) is 2.25. The third kappa shape index (κ3) is 1.51. The molecule has 0 radical (unpaired) electrons. The van der Waals surface area contributed by atoms with Crippen LogP contribution in [0.25, 0.3) is 0 Å². The average Bonchev–Trinajstić information content (AvgIpc) is 2.15. The minimum absolute atomic E-state index is 0.131. The van der Waals surface area contributed by atoms with E-state index in [1.54, 1.807) is 12.1 Å². The SMILES string of the molecule is NCC1CC(=O)Cc2cc(O)ccc21. The van der Waals surface area contributed by atoms with Gasteiger partial charge in [0.25, 0.3) is 0 Å². The van der Waals surface area contributed by atoms with E-state index in [2.05, 4.69) is 0 Å². The second-order valence-corrected chi connectivity index (χ2v) is 3.74. The molecule has 0 saturated heterocycles. The lowest BCUT2D eigenvalue weighted by Gasteiger charge is -2.23. The lowest BCUT2D eigenvalue weighted by Crippen LogP contribution is -2.23. The van der Waals surface area contributed by atoms with Crippen LogP contribution in [0.1, 0.15) is 23.5 Å². The molecule has 0 fully saturated rings. The van der Waals surface area contributed by atoms with Crippen LogP contribution < -0.4 is 5.73 Å². The number of rotatable bonds is 1. The van der Waals surface area contributed by atoms with Crippen molar-refractivity contribution in [3.63, 3.8) is 0 Å². The highest BCUT2D eigenvalue weighted by atomic mass is 16.3. The van der Waals surface area contributed by atoms with Crippen molar-refractivity contribution in [2.45, 2.75) is 18.8 Å². The Hall–Kier alpha value is -1.35. The number of ketones is 1. The van der Waals surface area contributed by atoms with Gasteiger partial charge in [-0.2, -0.15) is 0 Å². The van der Waals surface area contributed by atoms with E-state index in [9.17, 15) is 9.90 Å². The Morgan fingerprint density at radius 1 is 1.50 bits per heavy atom. The van der Waals surface area contributed by atoms with Crippen molar-refractivity contribution >= 4 is 5.78 Å². The smallest absolute Gasteiger partial charge is 0.137 e. The molecule has 1 aromatic rings. The Balaban J connectivity index is 2.45. The molecule has 0 spiro atoms. The van der Waals surface area contributed by atoms with E-state index in [0.717, 1.165) is 11.1 Å². The summed E-state index contributed by atoms with van der Waals surface area (Å²) in [6, 6.07) is 5.18. The average molecular weight is 191 g/mol. The molecule has 1 atom stereocenters. The first kappa shape index (κ1) is 9.21. The van der Waals surface area contributed by atoms with Gasteiger partial charge in [-0.1, -0.05) is 6.07 Å². The first-order valence-electron chi connectivity index (χ1n) is 4.74. The van der Waals surface area contributed by atoms with Crippen molar-refractivity contribution in [3.05, 3.63) is 29.3 Å². The number of hydrogen-bond donors (Lipinski definition) is 2. The van der Waals surface area contributed by atoms with Crippen LogP contribution in [0, 0.1) is 0 Å². The zero-order valence-electron chi connectivity index (χ0n) is 7.86. The lowest BCUT2D eigenvalue weighted by molar-refractivity contribution is -0.119. The summed E-state index contributed by atoms with van der Waals surface area (Å²) in [4.78, 5) is 11.4. The van der Waals surface area contributed by atoms with Crippen molar-refractivity contribution in [1.29, 1.82) is 0 Å². The molecule has 0 aliphatic heterocycles. The first-order chi connectivity index (χ1) is 6.70. The number of aromatic hydroxyl groups is 1. The van der Waals surface area contributed by atoms with Gasteiger partial charge in [-0.15, -0.1) is 0 Å². The minimum Gasteiger partial charge on any atom is -0.508 e. The summed E-state index contributed by atoms with van der Waals surface area (Å²) in [5.74, 6) is 0.555. The number of carbonyl (C=O) groups excluding carboxylic acids is 1. The van der Waals surface area contributed by atoms with Gasteiger partial charge in [0, 0.05) is 18.8 Å². The van der Waals surface area contributed by atoms with Crippen LogP contribution in [0.2, 0.25) is 0 Å². The number of nitrogens with two attached hydrogens (primary N) is 1. The van der Waals surface area contributed by atoms with Crippen LogP contribution in [0.15, 0.2) is 18.2 Å². The Bertz CT molecular complexity index is 374. The minimum atomic E-state index is 0.131. The van der Waals surface area contributed by atoms with Gasteiger partial charge in [-0.05, 0) is 29.8 Å². The number of fused-ring (bicyclic) bond motifs is 1. The molecular weight excluding hydrogens is 178 g/mol. The Labute approximate surface area is 82.5 Å². The van der Waals surface area contributed by atoms with Gasteiger partial charge in [0.15, 0.2) is 0 Å². The van der Waals surface area contributed by atoms with Gasteiger partial charge in [-0.25, -0.2) is 0 Å². The number of phenols is 1. The molecule has 3 heteroatoms. The van der Waals surface area contributed by atoms with Crippen molar-refractivity contribution < 1.29 is 9.90 Å². The van der Waals surface area contributed by atoms with Crippen LogP contribution in [0.3, 0.4) is 0 Å². The van der Waals surface area contributed by atoms with Crippen LogP contribution in [-0.2, 0) is 11.2 Å². The van der Waals surface area contributed by atoms with E-state index in [4.69, 9.17) is 5.73 Å². The fraction of sp³-hybridized carbons (Fsp3) is 0.364. The standard InChI is InChI=1S/C11H13NO2/c12-6-8-5-10(14)4-7-3-9(13)1-2-11(7)8/h1-3,8,13H,4-6,12H2. The maximum atomic E-state index is 11.4. The Morgan fingerprint density at radius 3 is 3.00 bits per heavy atom. The largest absolute Gasteiger partial charge is 0.508 e. The maximum Gasteiger partial charge on any atom is 0.137 e. The number of phenolic OH excluding ortho intramolecular Hbond substituents is 1. The van der Waals surface area contributed by atoms with E-state index in [0.29, 0.717) is 19.4 Å². The molecule has 0 amide bonds. The van der Waals surface area contributed by atoms with Crippen molar-refractivity contribution in [1.82, 2.24) is 0 Å².